The summed E-state index contributed by atoms with van der Waals surface area (Å²) in [4.78, 5) is 13.8. The molecule has 0 bridgehead atoms. The molecule has 0 fully saturated rings. The molecule has 0 spiro atoms. The Kier molecular flexibility index (Phi) is 18.9. The second-order valence-corrected chi connectivity index (χ2v) is 21.0. The second kappa shape index (κ2) is 28.5. The van der Waals surface area contributed by atoms with E-state index in [4.69, 9.17) is 27.5 Å². The summed E-state index contributed by atoms with van der Waals surface area (Å²) in [6.07, 6.45) is 16.6. The van der Waals surface area contributed by atoms with Crippen LogP contribution in [0.3, 0.4) is 0 Å². The Morgan fingerprint density at radius 2 is 0.615 bits per heavy atom. The maximum Gasteiger partial charge on any atom is 3.00 e. The molecule has 444 valence electrons. The van der Waals surface area contributed by atoms with Crippen LogP contribution >= 0.6 is 0 Å². The maximum absolute atomic E-state index is 6.16. The summed E-state index contributed by atoms with van der Waals surface area (Å²) >= 11 is 0. The third kappa shape index (κ3) is 13.4. The topological polar surface area (TPSA) is 106 Å². The van der Waals surface area contributed by atoms with Crippen LogP contribution in [-0.4, -0.2) is 34.8 Å². The maximum atomic E-state index is 6.16. The number of furan rings is 3. The van der Waals surface area contributed by atoms with Gasteiger partial charge in [0, 0.05) is 34.7 Å². The molecule has 0 aliphatic carbocycles. The molecule has 6 heterocycles. The fourth-order valence-electron chi connectivity index (χ4n) is 10.9. The number of rotatable bonds is 15. The van der Waals surface area contributed by atoms with Gasteiger partial charge >= 0.3 is 20.1 Å². The number of hydrogen-bond donors (Lipinski definition) is 0. The smallest absolute Gasteiger partial charge is 0.501 e. The fraction of sp³-hybridized carbons (Fsp3) is 0.0741. The first kappa shape index (κ1) is 60.4. The van der Waals surface area contributed by atoms with E-state index < -0.39 is 0 Å². The predicted molar refractivity (Wildman–Crippen MR) is 366 cm³/mol. The minimum absolute atomic E-state index is 0. The Morgan fingerprint density at radius 3 is 0.901 bits per heavy atom. The first-order chi connectivity index (χ1) is 44.5. The fourth-order valence-corrected chi connectivity index (χ4v) is 10.9. The molecule has 0 saturated heterocycles. The standard InChI is InChI=1S/3C27H20NO2.Ir/c3*1-2-29-17-15-19-10-12-20(13-11-19)21-14-16-28-25(18-21)24-8-5-7-23-22-6-3-4-9-26(22)30-27(23)24;/h3*3-7,9-18H,2H2,1H3;/q3*-1;+3/b3*17-15+;. The van der Waals surface area contributed by atoms with Crippen molar-refractivity contribution >= 4 is 84.0 Å². The summed E-state index contributed by atoms with van der Waals surface area (Å²) in [6, 6.07) is 83.6. The van der Waals surface area contributed by atoms with Gasteiger partial charge in [0.1, 0.15) is 16.7 Å². The molecule has 91 heavy (non-hydrogen) atoms. The van der Waals surface area contributed by atoms with E-state index in [0.29, 0.717) is 19.8 Å². The molecule has 0 N–H and O–H groups in total. The SMILES string of the molecule is CCO/C=C/c1ccc(-c2ccnc(-c3[c-]ccc4c3oc3ccccc34)c2)cc1.CCO/C=C/c1ccc(-c2ccnc(-c3[c-]ccc4c3oc3ccccc34)c2)cc1.CCO/C=C/c1ccc(-c2ccnc(-c3[c-]ccc4c3oc3ccccc34)c2)cc1.[Ir+3]. The van der Waals surface area contributed by atoms with Gasteiger partial charge in [0.25, 0.3) is 0 Å². The Hall–Kier alpha value is -10.9. The first-order valence-corrected chi connectivity index (χ1v) is 30.0. The van der Waals surface area contributed by atoms with Crippen LogP contribution in [0.25, 0.3) is 151 Å². The van der Waals surface area contributed by atoms with E-state index in [9.17, 15) is 0 Å². The van der Waals surface area contributed by atoms with Gasteiger partial charge in [0.2, 0.25) is 0 Å². The molecule has 0 amide bonds. The van der Waals surface area contributed by atoms with Crippen molar-refractivity contribution < 1.29 is 47.6 Å². The average Bonchev–Trinajstić information content (AvgIpc) is 1.72. The number of fused-ring (bicyclic) bond motifs is 9. The van der Waals surface area contributed by atoms with Gasteiger partial charge in [-0.3, -0.25) is 0 Å². The summed E-state index contributed by atoms with van der Waals surface area (Å²) in [5.41, 5.74) is 20.2. The molecular formula is C81H60IrN3O6. The summed E-state index contributed by atoms with van der Waals surface area (Å²) in [7, 11) is 0. The average molecular weight is 1360 g/mol. The van der Waals surface area contributed by atoms with Crippen molar-refractivity contribution in [2.75, 3.05) is 19.8 Å². The van der Waals surface area contributed by atoms with Gasteiger partial charge in [-0.2, -0.15) is 0 Å². The number of ether oxygens (including phenoxy) is 3. The van der Waals surface area contributed by atoms with E-state index in [0.717, 1.165) is 150 Å². The van der Waals surface area contributed by atoms with Crippen LogP contribution < -0.4 is 0 Å². The Bertz CT molecular complexity index is 4550. The van der Waals surface area contributed by atoms with E-state index in [-0.39, 0.29) is 20.1 Å². The van der Waals surface area contributed by atoms with E-state index in [1.54, 1.807) is 18.8 Å². The van der Waals surface area contributed by atoms with Crippen LogP contribution in [0.1, 0.15) is 37.5 Å². The van der Waals surface area contributed by atoms with Crippen LogP contribution in [0.15, 0.2) is 269 Å². The van der Waals surface area contributed by atoms with Gasteiger partial charge in [0.05, 0.1) is 55.4 Å². The summed E-state index contributed by atoms with van der Waals surface area (Å²) in [6.45, 7) is 7.92. The van der Waals surface area contributed by atoms with Crippen LogP contribution in [0, 0.1) is 18.2 Å². The minimum Gasteiger partial charge on any atom is -0.501 e. The summed E-state index contributed by atoms with van der Waals surface area (Å²) in [5, 5.41) is 6.56. The molecule has 9 nitrogen and oxygen atoms in total. The zero-order chi connectivity index (χ0) is 61.0. The van der Waals surface area contributed by atoms with E-state index >= 15 is 0 Å². The molecule has 0 unspecified atom stereocenters. The van der Waals surface area contributed by atoms with E-state index in [1.807, 2.05) is 167 Å². The van der Waals surface area contributed by atoms with E-state index in [1.165, 1.54) is 0 Å². The molecule has 0 atom stereocenters. The largest absolute Gasteiger partial charge is 3.00 e. The Morgan fingerprint density at radius 1 is 0.330 bits per heavy atom. The Balaban J connectivity index is 0.000000131. The second-order valence-electron chi connectivity index (χ2n) is 21.0. The van der Waals surface area contributed by atoms with Crippen LogP contribution in [0.2, 0.25) is 0 Å². The quantitative estimate of drug-likeness (QED) is 0.0733. The molecule has 15 aromatic rings. The predicted octanol–water partition coefficient (Wildman–Crippen LogP) is 21.4. The van der Waals surface area contributed by atoms with Crippen molar-refractivity contribution in [3.8, 4) is 67.2 Å². The van der Waals surface area contributed by atoms with Crippen molar-refractivity contribution in [1.29, 1.82) is 0 Å². The molecule has 0 aliphatic rings. The molecule has 0 aliphatic heterocycles. The number of aromatic nitrogens is 3. The molecule has 15 rings (SSSR count). The van der Waals surface area contributed by atoms with Crippen molar-refractivity contribution in [2.45, 2.75) is 20.8 Å². The monoisotopic (exact) mass is 1360 g/mol. The molecule has 0 saturated carbocycles. The van der Waals surface area contributed by atoms with Crippen LogP contribution in [-0.2, 0) is 34.3 Å². The van der Waals surface area contributed by atoms with E-state index in [2.05, 4.69) is 142 Å². The normalized spacial score (nSPS) is 11.4. The number of para-hydroxylation sites is 3. The van der Waals surface area contributed by atoms with Gasteiger partial charge in [-0.1, -0.05) is 178 Å². The van der Waals surface area contributed by atoms with Gasteiger partial charge in [-0.05, 0) is 143 Å². The van der Waals surface area contributed by atoms with Crippen molar-refractivity contribution in [2.24, 2.45) is 0 Å². The number of nitrogens with zero attached hydrogens (tertiary/aromatic N) is 3. The molecule has 9 aromatic carbocycles. The minimum atomic E-state index is 0. The first-order valence-electron chi connectivity index (χ1n) is 30.0. The third-order valence-corrected chi connectivity index (χ3v) is 15.4. The zero-order valence-electron chi connectivity index (χ0n) is 50.2. The number of hydrogen-bond acceptors (Lipinski definition) is 9. The summed E-state index contributed by atoms with van der Waals surface area (Å²) in [5.74, 6) is 0. The van der Waals surface area contributed by atoms with Crippen LogP contribution in [0.4, 0.5) is 0 Å². The van der Waals surface area contributed by atoms with Gasteiger partial charge in [0.15, 0.2) is 0 Å². The Labute approximate surface area is 541 Å². The van der Waals surface area contributed by atoms with Crippen molar-refractivity contribution in [3.05, 3.63) is 291 Å². The zero-order valence-corrected chi connectivity index (χ0v) is 52.6. The molecular weight excluding hydrogens is 1300 g/mol. The number of pyridine rings is 3. The molecule has 6 aromatic heterocycles. The van der Waals surface area contributed by atoms with Crippen molar-refractivity contribution in [1.82, 2.24) is 15.0 Å². The molecule has 0 radical (unpaired) electrons. The number of benzene rings is 9. The van der Waals surface area contributed by atoms with Crippen LogP contribution in [0.5, 0.6) is 0 Å². The van der Waals surface area contributed by atoms with Gasteiger partial charge in [-0.15, -0.1) is 54.6 Å². The summed E-state index contributed by atoms with van der Waals surface area (Å²) < 4.78 is 34.3. The van der Waals surface area contributed by atoms with Crippen molar-refractivity contribution in [3.63, 3.8) is 0 Å². The van der Waals surface area contributed by atoms with Gasteiger partial charge < -0.3 is 42.4 Å². The molecule has 10 heteroatoms. The van der Waals surface area contributed by atoms with Gasteiger partial charge in [-0.25, -0.2) is 0 Å². The third-order valence-electron chi connectivity index (χ3n) is 15.4.